The van der Waals surface area contributed by atoms with Crippen LogP contribution in [0, 0.1) is 5.92 Å². The first-order valence-corrected chi connectivity index (χ1v) is 7.44. The first-order chi connectivity index (χ1) is 11.1. The number of hydrogen-bond donors (Lipinski definition) is 2. The van der Waals surface area contributed by atoms with Crippen molar-refractivity contribution in [2.24, 2.45) is 5.92 Å². The van der Waals surface area contributed by atoms with Crippen LogP contribution >= 0.6 is 0 Å². The zero-order chi connectivity index (χ0) is 16.7. The lowest BCUT2D eigenvalue weighted by Crippen LogP contribution is -2.45. The summed E-state index contributed by atoms with van der Waals surface area (Å²) in [4.78, 5) is 23.1. The molecule has 0 fully saturated rings. The van der Waals surface area contributed by atoms with Crippen LogP contribution in [0.25, 0.3) is 11.1 Å². The van der Waals surface area contributed by atoms with Gasteiger partial charge < -0.3 is 4.74 Å². The molecule has 2 N–H and O–H groups in total. The van der Waals surface area contributed by atoms with Gasteiger partial charge in [-0.25, -0.2) is 0 Å². The number of carbonyl (C=O) groups excluding carboxylic acids is 2. The van der Waals surface area contributed by atoms with Crippen molar-refractivity contribution < 1.29 is 14.3 Å². The first kappa shape index (κ1) is 16.5. The third-order valence-electron chi connectivity index (χ3n) is 3.18. The van der Waals surface area contributed by atoms with Gasteiger partial charge in [0.15, 0.2) is 6.61 Å². The Hall–Kier alpha value is -2.82. The van der Waals surface area contributed by atoms with Gasteiger partial charge >= 0.3 is 0 Å². The molecule has 2 amide bonds. The lowest BCUT2D eigenvalue weighted by atomic mass is 10.1. The predicted molar refractivity (Wildman–Crippen MR) is 88.5 cm³/mol. The minimum atomic E-state index is -0.415. The van der Waals surface area contributed by atoms with E-state index in [2.05, 4.69) is 10.9 Å². The number of benzene rings is 2. The van der Waals surface area contributed by atoms with E-state index in [0.717, 1.165) is 11.1 Å². The Kier molecular flexibility index (Phi) is 5.74. The molecule has 5 heteroatoms. The number of amides is 2. The summed E-state index contributed by atoms with van der Waals surface area (Å²) < 4.78 is 5.58. The molecule has 0 aliphatic rings. The van der Waals surface area contributed by atoms with E-state index >= 15 is 0 Å². The molecule has 0 unspecified atom stereocenters. The summed E-state index contributed by atoms with van der Waals surface area (Å²) >= 11 is 0. The molecule has 120 valence electrons. The van der Waals surface area contributed by atoms with E-state index in [4.69, 9.17) is 4.74 Å². The van der Waals surface area contributed by atoms with Crippen LogP contribution in [-0.4, -0.2) is 18.4 Å². The van der Waals surface area contributed by atoms with Crippen molar-refractivity contribution in [1.82, 2.24) is 10.9 Å². The van der Waals surface area contributed by atoms with Crippen molar-refractivity contribution in [3.63, 3.8) is 0 Å². The molecule has 2 aromatic rings. The van der Waals surface area contributed by atoms with Gasteiger partial charge in [-0.05, 0) is 11.6 Å². The zero-order valence-electron chi connectivity index (χ0n) is 13.2. The standard InChI is InChI=1S/C18H20N2O3/c1-13(2)18(22)20-19-17(21)12-23-16-11-7-6-10-15(16)14-8-4-3-5-9-14/h3-11,13H,12H2,1-2H3,(H,19,21)(H,20,22). The van der Waals surface area contributed by atoms with Crippen molar-refractivity contribution in [3.05, 3.63) is 54.6 Å². The Labute approximate surface area is 135 Å². The zero-order valence-corrected chi connectivity index (χ0v) is 13.2. The fourth-order valence-corrected chi connectivity index (χ4v) is 1.90. The average Bonchev–Trinajstić information content (AvgIpc) is 2.58. The van der Waals surface area contributed by atoms with Gasteiger partial charge in [0.2, 0.25) is 5.91 Å². The first-order valence-electron chi connectivity index (χ1n) is 7.44. The highest BCUT2D eigenvalue weighted by molar-refractivity contribution is 5.83. The Morgan fingerprint density at radius 3 is 2.30 bits per heavy atom. The van der Waals surface area contributed by atoms with E-state index in [-0.39, 0.29) is 18.4 Å². The molecule has 0 aliphatic carbocycles. The van der Waals surface area contributed by atoms with Crippen LogP contribution in [0.4, 0.5) is 0 Å². The molecule has 2 aromatic carbocycles. The minimum Gasteiger partial charge on any atom is -0.483 e. The number of nitrogens with one attached hydrogen (secondary N) is 2. The monoisotopic (exact) mass is 312 g/mol. The van der Waals surface area contributed by atoms with Crippen LogP contribution in [-0.2, 0) is 9.59 Å². The quantitative estimate of drug-likeness (QED) is 0.834. The van der Waals surface area contributed by atoms with Crippen molar-refractivity contribution >= 4 is 11.8 Å². The summed E-state index contributed by atoms with van der Waals surface area (Å²) in [7, 11) is 0. The molecule has 0 atom stereocenters. The van der Waals surface area contributed by atoms with Gasteiger partial charge in [0, 0.05) is 11.5 Å². The summed E-state index contributed by atoms with van der Waals surface area (Å²) in [5, 5.41) is 0. The van der Waals surface area contributed by atoms with Gasteiger partial charge in [0.05, 0.1) is 0 Å². The highest BCUT2D eigenvalue weighted by Crippen LogP contribution is 2.29. The van der Waals surface area contributed by atoms with Crippen LogP contribution in [0.15, 0.2) is 54.6 Å². The molecular formula is C18H20N2O3. The Bertz CT molecular complexity index is 669. The molecule has 0 saturated carbocycles. The van der Waals surface area contributed by atoms with E-state index in [9.17, 15) is 9.59 Å². The second-order valence-corrected chi connectivity index (χ2v) is 5.34. The second-order valence-electron chi connectivity index (χ2n) is 5.34. The van der Waals surface area contributed by atoms with E-state index in [1.807, 2.05) is 54.6 Å². The number of carbonyl (C=O) groups is 2. The van der Waals surface area contributed by atoms with Crippen LogP contribution in [0.3, 0.4) is 0 Å². The van der Waals surface area contributed by atoms with Crippen LogP contribution in [0.2, 0.25) is 0 Å². The number of rotatable bonds is 5. The van der Waals surface area contributed by atoms with E-state index in [1.54, 1.807) is 13.8 Å². The van der Waals surface area contributed by atoms with Crippen LogP contribution < -0.4 is 15.6 Å². The number of hydrogen-bond acceptors (Lipinski definition) is 3. The fraction of sp³-hybridized carbons (Fsp3) is 0.222. The molecule has 23 heavy (non-hydrogen) atoms. The lowest BCUT2D eigenvalue weighted by molar-refractivity contribution is -0.131. The summed E-state index contributed by atoms with van der Waals surface area (Å²) in [6, 6.07) is 17.3. The number of ether oxygens (including phenoxy) is 1. The average molecular weight is 312 g/mol. The van der Waals surface area contributed by atoms with Gasteiger partial charge in [0.1, 0.15) is 5.75 Å². The van der Waals surface area contributed by atoms with Crippen molar-refractivity contribution in [2.75, 3.05) is 6.61 Å². The van der Waals surface area contributed by atoms with Crippen LogP contribution in [0.1, 0.15) is 13.8 Å². The van der Waals surface area contributed by atoms with Crippen molar-refractivity contribution in [2.45, 2.75) is 13.8 Å². The predicted octanol–water partition coefficient (Wildman–Crippen LogP) is 2.54. The van der Waals surface area contributed by atoms with Crippen molar-refractivity contribution in [1.29, 1.82) is 0 Å². The summed E-state index contributed by atoms with van der Waals surface area (Å²) in [5.74, 6) is -0.246. The van der Waals surface area contributed by atoms with Gasteiger partial charge in [-0.2, -0.15) is 0 Å². The maximum Gasteiger partial charge on any atom is 0.276 e. The normalized spacial score (nSPS) is 10.2. The molecule has 5 nitrogen and oxygen atoms in total. The molecule has 0 heterocycles. The summed E-state index contributed by atoms with van der Waals surface area (Å²) in [6.07, 6.45) is 0. The third-order valence-corrected chi connectivity index (χ3v) is 3.18. The minimum absolute atomic E-state index is 0.178. The highest BCUT2D eigenvalue weighted by atomic mass is 16.5. The van der Waals surface area contributed by atoms with Crippen molar-refractivity contribution in [3.8, 4) is 16.9 Å². The molecule has 0 saturated heterocycles. The maximum absolute atomic E-state index is 11.7. The molecule has 0 bridgehead atoms. The molecule has 2 rings (SSSR count). The van der Waals surface area contributed by atoms with E-state index in [0.29, 0.717) is 5.75 Å². The van der Waals surface area contributed by atoms with Gasteiger partial charge in [-0.3, -0.25) is 20.4 Å². The SMILES string of the molecule is CC(C)C(=O)NNC(=O)COc1ccccc1-c1ccccc1. The Morgan fingerprint density at radius 1 is 0.957 bits per heavy atom. The second kappa shape index (κ2) is 7.98. The van der Waals surface area contributed by atoms with Gasteiger partial charge in [-0.1, -0.05) is 62.4 Å². The summed E-state index contributed by atoms with van der Waals surface area (Å²) in [5.41, 5.74) is 6.60. The molecule has 0 spiro atoms. The molecule has 0 radical (unpaired) electrons. The smallest absolute Gasteiger partial charge is 0.276 e. The number of para-hydroxylation sites is 1. The summed E-state index contributed by atoms with van der Waals surface area (Å²) in [6.45, 7) is 3.31. The van der Waals surface area contributed by atoms with E-state index < -0.39 is 5.91 Å². The molecule has 0 aromatic heterocycles. The van der Waals surface area contributed by atoms with Gasteiger partial charge in [0.25, 0.3) is 5.91 Å². The molecule has 0 aliphatic heterocycles. The third kappa shape index (κ3) is 4.85. The fourth-order valence-electron chi connectivity index (χ4n) is 1.90. The maximum atomic E-state index is 11.7. The van der Waals surface area contributed by atoms with E-state index in [1.165, 1.54) is 0 Å². The topological polar surface area (TPSA) is 67.4 Å². The van der Waals surface area contributed by atoms with Crippen LogP contribution in [0.5, 0.6) is 5.75 Å². The lowest BCUT2D eigenvalue weighted by Gasteiger charge is -2.12. The Balaban J connectivity index is 1.96. The Morgan fingerprint density at radius 2 is 1.61 bits per heavy atom. The largest absolute Gasteiger partial charge is 0.483 e. The number of hydrazine groups is 1. The van der Waals surface area contributed by atoms with Gasteiger partial charge in [-0.15, -0.1) is 0 Å². The molecular weight excluding hydrogens is 292 g/mol. The highest BCUT2D eigenvalue weighted by Gasteiger charge is 2.10.